The van der Waals surface area contributed by atoms with Crippen molar-refractivity contribution in [1.29, 1.82) is 0 Å². The second kappa shape index (κ2) is 6.82. The number of nitrogens with zero attached hydrogens (tertiary/aromatic N) is 2. The summed E-state index contributed by atoms with van der Waals surface area (Å²) in [5, 5.41) is 10.4. The first-order valence-electron chi connectivity index (χ1n) is 8.99. The predicted molar refractivity (Wildman–Crippen MR) is 95.9 cm³/mol. The van der Waals surface area contributed by atoms with Gasteiger partial charge in [0.25, 0.3) is 0 Å². The Kier molecular flexibility index (Phi) is 4.36. The average Bonchev–Trinajstić information content (AvgIpc) is 3.09. The minimum Gasteiger partial charge on any atom is -0.457 e. The molecule has 1 aromatic carbocycles. The number of benzene rings is 1. The Morgan fingerprint density at radius 1 is 1.31 bits per heavy atom. The number of H-pyrrole nitrogens is 1. The highest BCUT2D eigenvalue weighted by molar-refractivity contribution is 5.96. The molecule has 2 heterocycles. The van der Waals surface area contributed by atoms with E-state index in [1.54, 1.807) is 24.1 Å². The van der Waals surface area contributed by atoms with Gasteiger partial charge in [-0.15, -0.1) is 0 Å². The molecule has 7 nitrogen and oxygen atoms in total. The Morgan fingerprint density at radius 3 is 3.04 bits per heavy atom. The molecule has 1 aliphatic heterocycles. The summed E-state index contributed by atoms with van der Waals surface area (Å²) in [6.45, 7) is 0.747. The summed E-state index contributed by atoms with van der Waals surface area (Å²) < 4.78 is 4.99. The van der Waals surface area contributed by atoms with Gasteiger partial charge in [-0.05, 0) is 43.4 Å². The minimum atomic E-state index is -0.344. The molecule has 0 radical (unpaired) electrons. The van der Waals surface area contributed by atoms with E-state index >= 15 is 0 Å². The number of fused-ring (bicyclic) bond motifs is 2. The van der Waals surface area contributed by atoms with Crippen LogP contribution < -0.4 is 5.32 Å². The number of esters is 1. The van der Waals surface area contributed by atoms with Gasteiger partial charge in [-0.1, -0.05) is 12.5 Å². The highest BCUT2D eigenvalue weighted by Gasteiger charge is 2.22. The number of anilines is 1. The van der Waals surface area contributed by atoms with E-state index in [1.807, 2.05) is 6.07 Å². The number of carbonyl (C=O) groups excluding carboxylic acids is 2. The van der Waals surface area contributed by atoms with Crippen molar-refractivity contribution >= 4 is 17.7 Å². The number of cyclic esters (lactones) is 1. The van der Waals surface area contributed by atoms with Crippen molar-refractivity contribution < 1.29 is 14.3 Å². The molecule has 1 aromatic heterocycles. The first kappa shape index (κ1) is 16.6. The summed E-state index contributed by atoms with van der Waals surface area (Å²) in [4.78, 5) is 25.8. The molecule has 1 aliphatic carbocycles. The lowest BCUT2D eigenvalue weighted by Gasteiger charge is -2.18. The van der Waals surface area contributed by atoms with Crippen molar-refractivity contribution in [2.45, 2.75) is 45.3 Å². The average molecular weight is 354 g/mol. The van der Waals surface area contributed by atoms with Crippen LogP contribution in [0.5, 0.6) is 0 Å². The maximum atomic E-state index is 12.5. The standard InChI is InChI=1S/C19H22N4O3/c1-23(10-17-14-5-3-2-4-6-16(14)21-22-17)19(25)20-13-8-7-12-11-26-18(24)15(12)9-13/h7-9H,2-6,10-11H2,1H3,(H,20,25)(H,21,22). The van der Waals surface area contributed by atoms with Crippen molar-refractivity contribution in [3.8, 4) is 0 Å². The van der Waals surface area contributed by atoms with Crippen molar-refractivity contribution in [3.63, 3.8) is 0 Å². The zero-order chi connectivity index (χ0) is 18.1. The minimum absolute atomic E-state index is 0.235. The number of nitrogens with one attached hydrogen (secondary N) is 2. The third-order valence-corrected chi connectivity index (χ3v) is 5.07. The number of carbonyl (C=O) groups is 2. The molecular formula is C19H22N4O3. The number of aromatic amines is 1. The van der Waals surface area contributed by atoms with E-state index in [9.17, 15) is 9.59 Å². The van der Waals surface area contributed by atoms with Gasteiger partial charge in [-0.25, -0.2) is 9.59 Å². The smallest absolute Gasteiger partial charge is 0.338 e. The van der Waals surface area contributed by atoms with Gasteiger partial charge in [0.05, 0.1) is 17.8 Å². The molecule has 4 rings (SSSR count). The number of aryl methyl sites for hydroxylation is 1. The number of rotatable bonds is 3. The number of aromatic nitrogens is 2. The van der Waals surface area contributed by atoms with Crippen LogP contribution in [0, 0.1) is 0 Å². The van der Waals surface area contributed by atoms with Crippen molar-refractivity contribution in [2.24, 2.45) is 0 Å². The zero-order valence-electron chi connectivity index (χ0n) is 14.8. The van der Waals surface area contributed by atoms with Gasteiger partial charge in [0.2, 0.25) is 0 Å². The fraction of sp³-hybridized carbons (Fsp3) is 0.421. The van der Waals surface area contributed by atoms with Gasteiger partial charge < -0.3 is 15.0 Å². The Balaban J connectivity index is 1.43. The molecule has 0 saturated heterocycles. The highest BCUT2D eigenvalue weighted by atomic mass is 16.5. The molecule has 0 bridgehead atoms. The first-order chi connectivity index (χ1) is 12.6. The van der Waals surface area contributed by atoms with Crippen LogP contribution in [0.4, 0.5) is 10.5 Å². The molecule has 2 aromatic rings. The number of hydrogen-bond donors (Lipinski definition) is 2. The molecular weight excluding hydrogens is 332 g/mol. The summed E-state index contributed by atoms with van der Waals surface area (Å²) in [5.74, 6) is -0.344. The van der Waals surface area contributed by atoms with Crippen LogP contribution in [0.25, 0.3) is 0 Å². The lowest BCUT2D eigenvalue weighted by molar-refractivity contribution is 0.0535. The van der Waals surface area contributed by atoms with E-state index in [2.05, 4.69) is 15.5 Å². The van der Waals surface area contributed by atoms with E-state index < -0.39 is 0 Å². The van der Waals surface area contributed by atoms with Gasteiger partial charge in [0.15, 0.2) is 0 Å². The lowest BCUT2D eigenvalue weighted by atomic mass is 10.1. The molecule has 0 atom stereocenters. The van der Waals surface area contributed by atoms with Gasteiger partial charge in [-0.2, -0.15) is 5.10 Å². The zero-order valence-corrected chi connectivity index (χ0v) is 14.8. The lowest BCUT2D eigenvalue weighted by Crippen LogP contribution is -2.31. The molecule has 0 spiro atoms. The normalized spacial score (nSPS) is 15.7. The van der Waals surface area contributed by atoms with Crippen LogP contribution in [-0.2, 0) is 30.7 Å². The Morgan fingerprint density at radius 2 is 2.15 bits per heavy atom. The Hall–Kier alpha value is -2.83. The molecule has 0 unspecified atom stereocenters. The van der Waals surface area contributed by atoms with Crippen molar-refractivity contribution in [2.75, 3.05) is 12.4 Å². The molecule has 136 valence electrons. The second-order valence-corrected chi connectivity index (χ2v) is 6.92. The monoisotopic (exact) mass is 354 g/mol. The Labute approximate surface area is 151 Å². The van der Waals surface area contributed by atoms with Crippen LogP contribution in [0.15, 0.2) is 18.2 Å². The largest absolute Gasteiger partial charge is 0.457 e. The number of hydrogen-bond acceptors (Lipinski definition) is 4. The van der Waals surface area contributed by atoms with Gasteiger partial charge >= 0.3 is 12.0 Å². The Bertz CT molecular complexity index is 858. The number of ether oxygens (including phenoxy) is 1. The molecule has 2 N–H and O–H groups in total. The van der Waals surface area contributed by atoms with Gasteiger partial charge in [0, 0.05) is 24.0 Å². The number of urea groups is 1. The van der Waals surface area contributed by atoms with Crippen molar-refractivity contribution in [1.82, 2.24) is 15.1 Å². The molecule has 2 aliphatic rings. The molecule has 2 amide bonds. The summed E-state index contributed by atoms with van der Waals surface area (Å²) >= 11 is 0. The van der Waals surface area contributed by atoms with Crippen LogP contribution in [0.2, 0.25) is 0 Å². The fourth-order valence-electron chi connectivity index (χ4n) is 3.56. The SMILES string of the molecule is CN(Cc1n[nH]c2c1CCCCC2)C(=O)Nc1ccc2c(c1)C(=O)OC2. The summed E-state index contributed by atoms with van der Waals surface area (Å²) in [5.41, 5.74) is 5.37. The van der Waals surface area contributed by atoms with E-state index in [1.165, 1.54) is 30.5 Å². The van der Waals surface area contributed by atoms with Crippen LogP contribution in [0.1, 0.15) is 52.1 Å². The molecule has 0 fully saturated rings. The maximum Gasteiger partial charge on any atom is 0.338 e. The van der Waals surface area contributed by atoms with E-state index in [0.29, 0.717) is 24.4 Å². The maximum absolute atomic E-state index is 12.5. The summed E-state index contributed by atoms with van der Waals surface area (Å²) in [7, 11) is 1.74. The second-order valence-electron chi connectivity index (χ2n) is 6.92. The summed E-state index contributed by atoms with van der Waals surface area (Å²) in [6.07, 6.45) is 5.64. The fourth-order valence-corrected chi connectivity index (χ4v) is 3.56. The third kappa shape index (κ3) is 3.16. The van der Waals surface area contributed by atoms with Gasteiger partial charge in [-0.3, -0.25) is 5.10 Å². The van der Waals surface area contributed by atoms with E-state index in [-0.39, 0.29) is 12.0 Å². The topological polar surface area (TPSA) is 87.3 Å². The quantitative estimate of drug-likeness (QED) is 0.655. The third-order valence-electron chi connectivity index (χ3n) is 5.07. The van der Waals surface area contributed by atoms with Crippen molar-refractivity contribution in [3.05, 3.63) is 46.3 Å². The summed E-state index contributed by atoms with van der Waals surface area (Å²) in [6, 6.07) is 5.02. The molecule has 0 saturated carbocycles. The van der Waals surface area contributed by atoms with Crippen LogP contribution >= 0.6 is 0 Å². The predicted octanol–water partition coefficient (Wildman–Crippen LogP) is 3.01. The highest BCUT2D eigenvalue weighted by Crippen LogP contribution is 2.24. The number of amides is 2. The first-order valence-corrected chi connectivity index (χ1v) is 8.99. The van der Waals surface area contributed by atoms with Crippen LogP contribution in [0.3, 0.4) is 0 Å². The van der Waals surface area contributed by atoms with Gasteiger partial charge in [0.1, 0.15) is 6.61 Å². The van der Waals surface area contributed by atoms with E-state index in [0.717, 1.165) is 24.1 Å². The van der Waals surface area contributed by atoms with Crippen LogP contribution in [-0.4, -0.2) is 34.1 Å². The van der Waals surface area contributed by atoms with E-state index in [4.69, 9.17) is 4.74 Å². The molecule has 7 heteroatoms. The molecule has 26 heavy (non-hydrogen) atoms.